The summed E-state index contributed by atoms with van der Waals surface area (Å²) >= 11 is 5.89. The smallest absolute Gasteiger partial charge is 0.0689 e. The highest BCUT2D eigenvalue weighted by Crippen LogP contribution is 2.18. The van der Waals surface area contributed by atoms with Crippen molar-refractivity contribution < 1.29 is 0 Å². The minimum Gasteiger partial charge on any atom is -0.241 e. The molecule has 3 heteroatoms. The number of rotatable bonds is 1. The molecule has 0 aliphatic rings. The van der Waals surface area contributed by atoms with Crippen LogP contribution in [0.25, 0.3) is 5.69 Å². The highest BCUT2D eigenvalue weighted by molar-refractivity contribution is 6.30. The molecule has 0 saturated carbocycles. The van der Waals surface area contributed by atoms with Crippen LogP contribution in [0, 0.1) is 6.92 Å². The third-order valence-corrected chi connectivity index (χ3v) is 2.16. The van der Waals surface area contributed by atoms with E-state index in [1.54, 1.807) is 10.9 Å². The second-order valence-electron chi connectivity index (χ2n) is 2.88. The van der Waals surface area contributed by atoms with Gasteiger partial charge < -0.3 is 0 Å². The lowest BCUT2D eigenvalue weighted by atomic mass is 10.2. The number of aromatic nitrogens is 2. The second-order valence-corrected chi connectivity index (χ2v) is 3.32. The first-order chi connectivity index (χ1) is 6.27. The number of halogens is 1. The second kappa shape index (κ2) is 3.23. The summed E-state index contributed by atoms with van der Waals surface area (Å²) in [5.41, 5.74) is 2.19. The van der Waals surface area contributed by atoms with Crippen molar-refractivity contribution in [3.8, 4) is 5.69 Å². The molecule has 0 saturated heterocycles. The van der Waals surface area contributed by atoms with E-state index in [1.807, 2.05) is 37.4 Å². The van der Waals surface area contributed by atoms with Crippen LogP contribution in [0.5, 0.6) is 0 Å². The van der Waals surface area contributed by atoms with Crippen molar-refractivity contribution in [3.63, 3.8) is 0 Å². The summed E-state index contributed by atoms with van der Waals surface area (Å²) < 4.78 is 1.81. The lowest BCUT2D eigenvalue weighted by Crippen LogP contribution is -1.96. The third kappa shape index (κ3) is 1.58. The molecule has 2 rings (SSSR count). The Morgan fingerprint density at radius 3 is 2.92 bits per heavy atom. The zero-order valence-corrected chi connectivity index (χ0v) is 7.99. The van der Waals surface area contributed by atoms with Crippen LogP contribution in [0.1, 0.15) is 5.56 Å². The molecule has 0 aliphatic carbocycles. The fourth-order valence-electron chi connectivity index (χ4n) is 1.24. The van der Waals surface area contributed by atoms with Crippen LogP contribution in [0.15, 0.2) is 36.7 Å². The van der Waals surface area contributed by atoms with E-state index in [9.17, 15) is 0 Å². The van der Waals surface area contributed by atoms with E-state index in [1.165, 1.54) is 0 Å². The van der Waals surface area contributed by atoms with Gasteiger partial charge in [-0.3, -0.25) is 0 Å². The number of aryl methyl sites for hydroxylation is 1. The lowest BCUT2D eigenvalue weighted by Gasteiger charge is -2.05. The van der Waals surface area contributed by atoms with Crippen molar-refractivity contribution in [2.75, 3.05) is 0 Å². The van der Waals surface area contributed by atoms with E-state index in [-0.39, 0.29) is 0 Å². The van der Waals surface area contributed by atoms with Gasteiger partial charge >= 0.3 is 0 Å². The minimum atomic E-state index is 0.733. The summed E-state index contributed by atoms with van der Waals surface area (Å²) in [5, 5.41) is 4.88. The van der Waals surface area contributed by atoms with Gasteiger partial charge in [0.1, 0.15) is 0 Å². The van der Waals surface area contributed by atoms with Crippen LogP contribution in [-0.4, -0.2) is 9.78 Å². The van der Waals surface area contributed by atoms with Gasteiger partial charge in [0.05, 0.1) is 5.69 Å². The summed E-state index contributed by atoms with van der Waals surface area (Å²) in [4.78, 5) is 0. The van der Waals surface area contributed by atoms with E-state index in [0.717, 1.165) is 16.3 Å². The highest BCUT2D eigenvalue weighted by atomic mass is 35.5. The van der Waals surface area contributed by atoms with Gasteiger partial charge in [0.25, 0.3) is 0 Å². The predicted molar refractivity (Wildman–Crippen MR) is 53.3 cm³/mol. The van der Waals surface area contributed by atoms with Gasteiger partial charge in [-0.05, 0) is 30.7 Å². The molecule has 0 N–H and O–H groups in total. The van der Waals surface area contributed by atoms with Crippen LogP contribution < -0.4 is 0 Å². The Kier molecular flexibility index (Phi) is 2.07. The fourth-order valence-corrected chi connectivity index (χ4v) is 1.41. The monoisotopic (exact) mass is 192 g/mol. The summed E-state index contributed by atoms with van der Waals surface area (Å²) in [6.07, 6.45) is 3.65. The van der Waals surface area contributed by atoms with Crippen molar-refractivity contribution in [1.29, 1.82) is 0 Å². The molecule has 2 aromatic rings. The van der Waals surface area contributed by atoms with Crippen LogP contribution in [0.4, 0.5) is 0 Å². The Balaban J connectivity index is 2.57. The molecule has 0 amide bonds. The molecule has 0 atom stereocenters. The van der Waals surface area contributed by atoms with Gasteiger partial charge in [0.2, 0.25) is 0 Å². The van der Waals surface area contributed by atoms with Crippen molar-refractivity contribution >= 4 is 11.6 Å². The Hall–Kier alpha value is -1.28. The molecule has 1 aromatic carbocycles. The van der Waals surface area contributed by atoms with E-state index in [0.29, 0.717) is 0 Å². The molecule has 1 aromatic heterocycles. The van der Waals surface area contributed by atoms with Crippen LogP contribution in [0.3, 0.4) is 0 Å². The van der Waals surface area contributed by atoms with Gasteiger partial charge in [0.15, 0.2) is 0 Å². The Bertz CT molecular complexity index is 407. The van der Waals surface area contributed by atoms with Crippen molar-refractivity contribution in [1.82, 2.24) is 9.78 Å². The Labute approximate surface area is 81.8 Å². The number of hydrogen-bond acceptors (Lipinski definition) is 1. The predicted octanol–water partition coefficient (Wildman–Crippen LogP) is 2.83. The Morgan fingerprint density at radius 2 is 2.23 bits per heavy atom. The molecule has 13 heavy (non-hydrogen) atoms. The summed E-state index contributed by atoms with van der Waals surface area (Å²) in [6.45, 7) is 2.04. The molecule has 0 radical (unpaired) electrons. The summed E-state index contributed by atoms with van der Waals surface area (Å²) in [5.74, 6) is 0. The molecule has 1 heterocycles. The zero-order valence-electron chi connectivity index (χ0n) is 7.24. The average Bonchev–Trinajstić information content (AvgIpc) is 2.61. The lowest BCUT2D eigenvalue weighted by molar-refractivity contribution is 0.873. The minimum absolute atomic E-state index is 0.733. The van der Waals surface area contributed by atoms with Gasteiger partial charge in [-0.15, -0.1) is 0 Å². The first-order valence-electron chi connectivity index (χ1n) is 4.03. The maximum Gasteiger partial charge on any atom is 0.0689 e. The third-order valence-electron chi connectivity index (χ3n) is 1.92. The maximum absolute atomic E-state index is 5.89. The molecule has 0 bridgehead atoms. The van der Waals surface area contributed by atoms with Crippen LogP contribution in [-0.2, 0) is 0 Å². The molecular formula is C10H9ClN2. The standard InChI is InChI=1S/C10H9ClN2/c1-8-3-4-9(11)7-10(8)13-6-2-5-12-13/h2-7H,1H3. The average molecular weight is 193 g/mol. The SMILES string of the molecule is Cc1ccc(Cl)cc1-n1cccn1. The molecule has 0 spiro atoms. The van der Waals surface area contributed by atoms with Gasteiger partial charge in [-0.1, -0.05) is 17.7 Å². The highest BCUT2D eigenvalue weighted by Gasteiger charge is 2.00. The zero-order chi connectivity index (χ0) is 9.26. The topological polar surface area (TPSA) is 17.8 Å². The van der Waals surface area contributed by atoms with E-state index >= 15 is 0 Å². The number of nitrogens with zero attached hydrogens (tertiary/aromatic N) is 2. The van der Waals surface area contributed by atoms with E-state index in [4.69, 9.17) is 11.6 Å². The first kappa shape index (κ1) is 8.32. The van der Waals surface area contributed by atoms with Crippen molar-refractivity contribution in [2.45, 2.75) is 6.92 Å². The number of benzene rings is 1. The molecule has 0 fully saturated rings. The molecule has 0 aliphatic heterocycles. The molecular weight excluding hydrogens is 184 g/mol. The van der Waals surface area contributed by atoms with Gasteiger partial charge in [-0.25, -0.2) is 4.68 Å². The maximum atomic E-state index is 5.89. The molecule has 0 unspecified atom stereocenters. The largest absolute Gasteiger partial charge is 0.241 e. The van der Waals surface area contributed by atoms with Crippen LogP contribution >= 0.6 is 11.6 Å². The quantitative estimate of drug-likeness (QED) is 0.680. The Morgan fingerprint density at radius 1 is 1.38 bits per heavy atom. The normalized spacial score (nSPS) is 10.3. The fraction of sp³-hybridized carbons (Fsp3) is 0.100. The number of hydrogen-bond donors (Lipinski definition) is 0. The van der Waals surface area contributed by atoms with E-state index < -0.39 is 0 Å². The first-order valence-corrected chi connectivity index (χ1v) is 4.41. The van der Waals surface area contributed by atoms with Crippen molar-refractivity contribution in [3.05, 3.63) is 47.2 Å². The van der Waals surface area contributed by atoms with E-state index in [2.05, 4.69) is 5.10 Å². The molecule has 2 nitrogen and oxygen atoms in total. The summed E-state index contributed by atoms with van der Waals surface area (Å²) in [6, 6.07) is 7.66. The van der Waals surface area contributed by atoms with Crippen molar-refractivity contribution in [2.24, 2.45) is 0 Å². The van der Waals surface area contributed by atoms with Gasteiger partial charge in [0, 0.05) is 17.4 Å². The molecule has 66 valence electrons. The van der Waals surface area contributed by atoms with Crippen LogP contribution in [0.2, 0.25) is 5.02 Å². The van der Waals surface area contributed by atoms with Gasteiger partial charge in [-0.2, -0.15) is 5.10 Å². The summed E-state index contributed by atoms with van der Waals surface area (Å²) in [7, 11) is 0.